The number of sulfonamides is 1. The fourth-order valence-corrected chi connectivity index (χ4v) is 5.09. The maximum atomic E-state index is 12.6. The molecule has 2 amide bonds. The lowest BCUT2D eigenvalue weighted by molar-refractivity contribution is 0.169. The van der Waals surface area contributed by atoms with Crippen molar-refractivity contribution < 1.29 is 13.2 Å². The minimum atomic E-state index is -3.56. The van der Waals surface area contributed by atoms with Crippen LogP contribution in [0.1, 0.15) is 11.1 Å². The van der Waals surface area contributed by atoms with Crippen LogP contribution in [0, 0.1) is 0 Å². The molecule has 1 aliphatic carbocycles. The van der Waals surface area contributed by atoms with Gasteiger partial charge in [0, 0.05) is 44.6 Å². The molecule has 1 aromatic heterocycles. The number of aromatic nitrogens is 1. The first-order valence-corrected chi connectivity index (χ1v) is 10.5. The number of hydrogen-bond donors (Lipinski definition) is 1. The highest BCUT2D eigenvalue weighted by atomic mass is 32.2. The van der Waals surface area contributed by atoms with Crippen LogP contribution < -0.4 is 5.32 Å². The Kier molecular flexibility index (Phi) is 4.84. The molecular weight excluding hydrogens is 364 g/mol. The van der Waals surface area contributed by atoms with Crippen LogP contribution in [0.5, 0.6) is 0 Å². The summed E-state index contributed by atoms with van der Waals surface area (Å²) in [6.45, 7) is 1.33. The Morgan fingerprint density at radius 3 is 2.26 bits per heavy atom. The Bertz CT molecular complexity index is 900. The first-order valence-electron chi connectivity index (χ1n) is 9.06. The van der Waals surface area contributed by atoms with Gasteiger partial charge in [-0.05, 0) is 36.1 Å². The maximum absolute atomic E-state index is 12.6. The molecule has 0 unspecified atom stereocenters. The Labute approximate surface area is 159 Å². The monoisotopic (exact) mass is 386 g/mol. The number of pyridine rings is 1. The quantitative estimate of drug-likeness (QED) is 0.861. The van der Waals surface area contributed by atoms with Crippen LogP contribution in [-0.4, -0.2) is 60.9 Å². The van der Waals surface area contributed by atoms with Crippen molar-refractivity contribution in [3.63, 3.8) is 0 Å². The predicted octanol–water partition coefficient (Wildman–Crippen LogP) is 1.26. The lowest BCUT2D eigenvalue weighted by atomic mass is 10.1. The van der Waals surface area contributed by atoms with E-state index >= 15 is 0 Å². The molecular formula is C19H22N4O3S. The van der Waals surface area contributed by atoms with Gasteiger partial charge >= 0.3 is 6.03 Å². The standard InChI is InChI=1S/C19H22N4O3S/c24-19(21-17-12-15-4-1-2-5-16(15)13-17)22-8-10-23(11-9-22)27(25,26)18-6-3-7-20-14-18/h1-7,14,17H,8-13H2,(H,21,24). The van der Waals surface area contributed by atoms with Gasteiger partial charge in [-0.2, -0.15) is 4.31 Å². The number of hydrogen-bond acceptors (Lipinski definition) is 4. The van der Waals surface area contributed by atoms with Gasteiger partial charge in [-0.15, -0.1) is 0 Å². The van der Waals surface area contributed by atoms with Gasteiger partial charge in [-0.25, -0.2) is 13.2 Å². The Hall–Kier alpha value is -2.45. The lowest BCUT2D eigenvalue weighted by Gasteiger charge is -2.34. The van der Waals surface area contributed by atoms with Crippen molar-refractivity contribution in [2.45, 2.75) is 23.8 Å². The number of benzene rings is 1. The van der Waals surface area contributed by atoms with E-state index in [0.717, 1.165) is 12.8 Å². The van der Waals surface area contributed by atoms with Crippen LogP contribution >= 0.6 is 0 Å². The Morgan fingerprint density at radius 2 is 1.67 bits per heavy atom. The predicted molar refractivity (Wildman–Crippen MR) is 101 cm³/mol. The molecule has 0 spiro atoms. The molecule has 1 aliphatic heterocycles. The number of amides is 2. The molecule has 27 heavy (non-hydrogen) atoms. The fraction of sp³-hybridized carbons (Fsp3) is 0.368. The van der Waals surface area contributed by atoms with Crippen LogP contribution in [0.2, 0.25) is 0 Å². The van der Waals surface area contributed by atoms with Crippen molar-refractivity contribution in [1.82, 2.24) is 19.5 Å². The van der Waals surface area contributed by atoms with Gasteiger partial charge in [0.25, 0.3) is 0 Å². The van der Waals surface area contributed by atoms with Crippen molar-refractivity contribution in [3.05, 3.63) is 59.9 Å². The van der Waals surface area contributed by atoms with Gasteiger partial charge in [-0.1, -0.05) is 24.3 Å². The molecule has 2 aromatic rings. The molecule has 1 N–H and O–H groups in total. The van der Waals surface area contributed by atoms with E-state index in [2.05, 4.69) is 22.4 Å². The summed E-state index contributed by atoms with van der Waals surface area (Å²) < 4.78 is 26.7. The highest BCUT2D eigenvalue weighted by molar-refractivity contribution is 7.89. The minimum absolute atomic E-state index is 0.104. The summed E-state index contributed by atoms with van der Waals surface area (Å²) >= 11 is 0. The van der Waals surface area contributed by atoms with Crippen molar-refractivity contribution in [2.75, 3.05) is 26.2 Å². The molecule has 0 bridgehead atoms. The summed E-state index contributed by atoms with van der Waals surface area (Å²) in [5.74, 6) is 0. The summed E-state index contributed by atoms with van der Waals surface area (Å²) in [6.07, 6.45) is 4.59. The largest absolute Gasteiger partial charge is 0.335 e. The molecule has 1 aromatic carbocycles. The van der Waals surface area contributed by atoms with E-state index in [1.54, 1.807) is 23.2 Å². The SMILES string of the molecule is O=C(NC1Cc2ccccc2C1)N1CCN(S(=O)(=O)c2cccnc2)CC1. The molecule has 0 atom stereocenters. The van der Waals surface area contributed by atoms with Crippen LogP contribution in [-0.2, 0) is 22.9 Å². The van der Waals surface area contributed by atoms with E-state index in [0.29, 0.717) is 13.1 Å². The summed E-state index contributed by atoms with van der Waals surface area (Å²) in [7, 11) is -3.56. The molecule has 2 aliphatic rings. The number of fused-ring (bicyclic) bond motifs is 1. The third kappa shape index (κ3) is 3.68. The van der Waals surface area contributed by atoms with E-state index in [1.807, 2.05) is 12.1 Å². The van der Waals surface area contributed by atoms with Gasteiger partial charge in [0.2, 0.25) is 10.0 Å². The molecule has 0 radical (unpaired) electrons. The zero-order valence-electron chi connectivity index (χ0n) is 14.9. The van der Waals surface area contributed by atoms with Crippen molar-refractivity contribution in [3.8, 4) is 0 Å². The zero-order chi connectivity index (χ0) is 18.9. The van der Waals surface area contributed by atoms with Crippen molar-refractivity contribution in [2.24, 2.45) is 0 Å². The Balaban J connectivity index is 1.32. The second-order valence-electron chi connectivity index (χ2n) is 6.90. The molecule has 142 valence electrons. The van der Waals surface area contributed by atoms with E-state index in [4.69, 9.17) is 0 Å². The van der Waals surface area contributed by atoms with Crippen LogP contribution in [0.25, 0.3) is 0 Å². The van der Waals surface area contributed by atoms with Crippen molar-refractivity contribution in [1.29, 1.82) is 0 Å². The average Bonchev–Trinajstić information content (AvgIpc) is 3.11. The van der Waals surface area contributed by atoms with Crippen LogP contribution in [0.3, 0.4) is 0 Å². The first kappa shape index (κ1) is 17.9. The van der Waals surface area contributed by atoms with E-state index < -0.39 is 10.0 Å². The molecule has 7 nitrogen and oxygen atoms in total. The smallest absolute Gasteiger partial charge is 0.317 e. The van der Waals surface area contributed by atoms with Gasteiger partial charge < -0.3 is 10.2 Å². The fourth-order valence-electron chi connectivity index (χ4n) is 3.71. The second-order valence-corrected chi connectivity index (χ2v) is 8.84. The molecule has 0 saturated carbocycles. The van der Waals surface area contributed by atoms with Gasteiger partial charge in [0.05, 0.1) is 0 Å². The van der Waals surface area contributed by atoms with Crippen LogP contribution in [0.4, 0.5) is 4.79 Å². The van der Waals surface area contributed by atoms with Gasteiger partial charge in [0.15, 0.2) is 0 Å². The third-order valence-electron chi connectivity index (χ3n) is 5.18. The summed E-state index contributed by atoms with van der Waals surface area (Å²) in [5.41, 5.74) is 2.57. The summed E-state index contributed by atoms with van der Waals surface area (Å²) in [4.78, 5) is 18.3. The molecule has 4 rings (SSSR count). The molecule has 8 heteroatoms. The van der Waals surface area contributed by atoms with Crippen LogP contribution in [0.15, 0.2) is 53.7 Å². The average molecular weight is 386 g/mol. The van der Waals surface area contributed by atoms with E-state index in [-0.39, 0.29) is 30.1 Å². The molecule has 2 heterocycles. The Morgan fingerprint density at radius 1 is 1.00 bits per heavy atom. The second kappa shape index (κ2) is 7.28. The zero-order valence-corrected chi connectivity index (χ0v) is 15.7. The number of carbonyl (C=O) groups is 1. The number of piperazine rings is 1. The molecule has 1 fully saturated rings. The maximum Gasteiger partial charge on any atom is 0.317 e. The third-order valence-corrected chi connectivity index (χ3v) is 7.06. The number of nitrogens with one attached hydrogen (secondary N) is 1. The van der Waals surface area contributed by atoms with Gasteiger partial charge in [-0.3, -0.25) is 4.98 Å². The summed E-state index contributed by atoms with van der Waals surface area (Å²) in [6, 6.07) is 11.4. The number of carbonyl (C=O) groups excluding carboxylic acids is 1. The minimum Gasteiger partial charge on any atom is -0.335 e. The highest BCUT2D eigenvalue weighted by Gasteiger charge is 2.31. The molecule has 1 saturated heterocycles. The van der Waals surface area contributed by atoms with E-state index in [9.17, 15) is 13.2 Å². The summed E-state index contributed by atoms with van der Waals surface area (Å²) in [5, 5.41) is 3.09. The first-order chi connectivity index (χ1) is 13.0. The van der Waals surface area contributed by atoms with Gasteiger partial charge in [0.1, 0.15) is 4.90 Å². The van der Waals surface area contributed by atoms with Crippen molar-refractivity contribution >= 4 is 16.1 Å². The topological polar surface area (TPSA) is 82.6 Å². The van der Waals surface area contributed by atoms with E-state index in [1.165, 1.54) is 21.6 Å². The number of urea groups is 1. The number of nitrogens with zero attached hydrogens (tertiary/aromatic N) is 3. The normalized spacial score (nSPS) is 18.3. The number of rotatable bonds is 3. The highest BCUT2D eigenvalue weighted by Crippen LogP contribution is 2.22. The lowest BCUT2D eigenvalue weighted by Crippen LogP contribution is -2.54.